The number of hydrogen-bond donors (Lipinski definition) is 4. The third kappa shape index (κ3) is 8.36. The molecule has 0 aliphatic heterocycles. The second-order valence-electron chi connectivity index (χ2n) is 10.8. The Bertz CT molecular complexity index is 1700. The lowest BCUT2D eigenvalue weighted by Crippen LogP contribution is -2.35. The number of hydrogen-bond acceptors (Lipinski definition) is 7. The molecule has 0 aliphatic rings. The topological polar surface area (TPSA) is 134 Å². The molecule has 4 aromatic rings. The van der Waals surface area contributed by atoms with Crippen LogP contribution in [0.25, 0.3) is 16.7 Å². The Morgan fingerprint density at radius 2 is 1.81 bits per heavy atom. The van der Waals surface area contributed by atoms with Crippen molar-refractivity contribution >= 4 is 46.0 Å². The Morgan fingerprint density at radius 1 is 1.07 bits per heavy atom. The lowest BCUT2D eigenvalue weighted by atomic mass is 10.0. The van der Waals surface area contributed by atoms with E-state index in [0.717, 1.165) is 5.56 Å². The molecule has 2 aromatic heterocycles. The van der Waals surface area contributed by atoms with Crippen molar-refractivity contribution in [3.63, 3.8) is 0 Å². The fourth-order valence-corrected chi connectivity index (χ4v) is 4.44. The number of alkyl carbamates (subject to hydrolysis) is 1. The van der Waals surface area contributed by atoms with Crippen LogP contribution in [-0.4, -0.2) is 41.2 Å². The predicted molar refractivity (Wildman–Crippen MR) is 169 cm³/mol. The van der Waals surface area contributed by atoms with Crippen molar-refractivity contribution in [2.45, 2.75) is 38.8 Å². The quantitative estimate of drug-likeness (QED) is 0.173. The molecule has 224 valence electrons. The van der Waals surface area contributed by atoms with Crippen LogP contribution in [0.5, 0.6) is 5.88 Å². The molecule has 0 spiro atoms. The molecular weight excluding hydrogens is 570 g/mol. The van der Waals surface area contributed by atoms with E-state index in [9.17, 15) is 14.4 Å². The van der Waals surface area contributed by atoms with Crippen LogP contribution in [0.15, 0.2) is 78.1 Å². The highest BCUT2D eigenvalue weighted by Gasteiger charge is 2.20. The standard InChI is InChI=1S/C32H34ClN5O5/c1-19(23-17-21-12-14-27(42-5)37-28(21)38-30(23)40)35-26-18-22(11-13-24(26)33)29(39)36-25(20-9-7-6-8-10-20)15-16-34-31(41)43-32(2,3)4/h6-14,17-18,25,35H,1,15-16H2,2-5H3,(H,34,41)(H,36,39)(H,37,38,40). The maximum absolute atomic E-state index is 13.4. The van der Waals surface area contributed by atoms with Gasteiger partial charge in [-0.05, 0) is 63.1 Å². The van der Waals surface area contributed by atoms with Crippen LogP contribution in [0.1, 0.15) is 54.7 Å². The number of aromatic nitrogens is 2. The summed E-state index contributed by atoms with van der Waals surface area (Å²) in [5.74, 6) is 0.0311. The maximum atomic E-state index is 13.4. The van der Waals surface area contributed by atoms with E-state index in [1.165, 1.54) is 7.11 Å². The summed E-state index contributed by atoms with van der Waals surface area (Å²) in [5, 5.41) is 9.87. The molecule has 2 aromatic carbocycles. The van der Waals surface area contributed by atoms with Crippen LogP contribution < -0.4 is 26.2 Å². The highest BCUT2D eigenvalue weighted by molar-refractivity contribution is 6.33. The number of halogens is 1. The van der Waals surface area contributed by atoms with Crippen LogP contribution in [0.3, 0.4) is 0 Å². The minimum absolute atomic E-state index is 0.282. The number of pyridine rings is 2. The first-order chi connectivity index (χ1) is 20.4. The molecule has 4 N–H and O–H groups in total. The predicted octanol–water partition coefficient (Wildman–Crippen LogP) is 6.05. The molecule has 43 heavy (non-hydrogen) atoms. The summed E-state index contributed by atoms with van der Waals surface area (Å²) >= 11 is 6.45. The van der Waals surface area contributed by atoms with E-state index in [2.05, 4.69) is 32.5 Å². The lowest BCUT2D eigenvalue weighted by molar-refractivity contribution is 0.0526. The molecule has 1 atom stereocenters. The number of carbonyl (C=O) groups excluding carboxylic acids is 2. The average molecular weight is 604 g/mol. The van der Waals surface area contributed by atoms with E-state index >= 15 is 0 Å². The van der Waals surface area contributed by atoms with Crippen molar-refractivity contribution in [2.24, 2.45) is 0 Å². The van der Waals surface area contributed by atoms with Crippen LogP contribution in [0.4, 0.5) is 10.5 Å². The first-order valence-corrected chi connectivity index (χ1v) is 14.0. The zero-order valence-corrected chi connectivity index (χ0v) is 25.2. The van der Waals surface area contributed by atoms with Crippen molar-refractivity contribution in [1.82, 2.24) is 20.6 Å². The summed E-state index contributed by atoms with van der Waals surface area (Å²) in [5.41, 5.74) is 1.55. The molecule has 0 radical (unpaired) electrons. The van der Waals surface area contributed by atoms with Gasteiger partial charge >= 0.3 is 6.09 Å². The largest absolute Gasteiger partial charge is 0.481 e. The highest BCUT2D eigenvalue weighted by atomic mass is 35.5. The van der Waals surface area contributed by atoms with Crippen LogP contribution in [0, 0.1) is 0 Å². The summed E-state index contributed by atoms with van der Waals surface area (Å²) in [6.07, 6.45) is -0.101. The van der Waals surface area contributed by atoms with Gasteiger partial charge in [0, 0.05) is 29.3 Å². The van der Waals surface area contributed by atoms with Gasteiger partial charge in [-0.1, -0.05) is 48.5 Å². The van der Waals surface area contributed by atoms with E-state index in [4.69, 9.17) is 21.1 Å². The molecule has 1 unspecified atom stereocenters. The Kier molecular flexibility index (Phi) is 9.72. The minimum atomic E-state index is -0.615. The molecule has 11 heteroatoms. The zero-order valence-electron chi connectivity index (χ0n) is 24.4. The number of nitrogens with zero attached hydrogens (tertiary/aromatic N) is 1. The van der Waals surface area contributed by atoms with Crippen LogP contribution >= 0.6 is 11.6 Å². The molecule has 4 rings (SSSR count). The average Bonchev–Trinajstić information content (AvgIpc) is 2.96. The normalized spacial score (nSPS) is 11.8. The van der Waals surface area contributed by atoms with E-state index < -0.39 is 23.3 Å². The number of ether oxygens (including phenoxy) is 2. The van der Waals surface area contributed by atoms with Crippen LogP contribution in [-0.2, 0) is 4.74 Å². The molecule has 0 bridgehead atoms. The van der Waals surface area contributed by atoms with Gasteiger partial charge in [0.25, 0.3) is 11.5 Å². The summed E-state index contributed by atoms with van der Waals surface area (Å²) in [4.78, 5) is 45.3. The summed E-state index contributed by atoms with van der Waals surface area (Å²) < 4.78 is 10.4. The first kappa shape index (κ1) is 31.1. The zero-order chi connectivity index (χ0) is 31.1. The van der Waals surface area contributed by atoms with Crippen molar-refractivity contribution in [3.8, 4) is 5.88 Å². The van der Waals surface area contributed by atoms with Crippen molar-refractivity contribution in [2.75, 3.05) is 19.0 Å². The molecule has 0 saturated carbocycles. The second kappa shape index (κ2) is 13.4. The van der Waals surface area contributed by atoms with E-state index in [0.29, 0.717) is 39.6 Å². The lowest BCUT2D eigenvalue weighted by Gasteiger charge is -2.22. The molecule has 2 heterocycles. The Morgan fingerprint density at radius 3 is 2.51 bits per heavy atom. The molecule has 2 amide bonds. The SMILES string of the molecule is C=C(Nc1cc(C(=O)NC(CCNC(=O)OC(C)(C)C)c2ccccc2)ccc1Cl)c1cc2ccc(OC)nc2[nH]c1=O. The number of nitrogens with one attached hydrogen (secondary N) is 4. The smallest absolute Gasteiger partial charge is 0.407 e. The summed E-state index contributed by atoms with van der Waals surface area (Å²) in [6, 6.07) is 19.0. The van der Waals surface area contributed by atoms with Crippen LogP contribution in [0.2, 0.25) is 5.02 Å². The molecule has 0 aliphatic carbocycles. The third-order valence-corrected chi connectivity index (χ3v) is 6.66. The summed E-state index contributed by atoms with van der Waals surface area (Å²) in [6.45, 7) is 9.67. The second-order valence-corrected chi connectivity index (χ2v) is 11.2. The van der Waals surface area contributed by atoms with Crippen molar-refractivity contribution < 1.29 is 19.1 Å². The highest BCUT2D eigenvalue weighted by Crippen LogP contribution is 2.27. The van der Waals surface area contributed by atoms with Gasteiger partial charge < -0.3 is 30.4 Å². The van der Waals surface area contributed by atoms with Gasteiger partial charge in [-0.3, -0.25) is 9.59 Å². The maximum Gasteiger partial charge on any atom is 0.407 e. The van der Waals surface area contributed by atoms with Gasteiger partial charge in [-0.15, -0.1) is 0 Å². The number of rotatable bonds is 10. The minimum Gasteiger partial charge on any atom is -0.481 e. The first-order valence-electron chi connectivity index (χ1n) is 13.6. The number of aromatic amines is 1. The third-order valence-electron chi connectivity index (χ3n) is 6.33. The molecule has 10 nitrogen and oxygen atoms in total. The van der Waals surface area contributed by atoms with Gasteiger partial charge in [-0.25, -0.2) is 4.79 Å². The van der Waals surface area contributed by atoms with Gasteiger partial charge in [0.05, 0.1) is 29.4 Å². The number of amides is 2. The van der Waals surface area contributed by atoms with Crippen molar-refractivity contribution in [1.29, 1.82) is 0 Å². The fourth-order valence-electron chi connectivity index (χ4n) is 4.28. The van der Waals surface area contributed by atoms with Gasteiger partial charge in [-0.2, -0.15) is 4.98 Å². The van der Waals surface area contributed by atoms with Crippen molar-refractivity contribution in [3.05, 3.63) is 105 Å². The van der Waals surface area contributed by atoms with E-state index in [1.807, 2.05) is 30.3 Å². The molecule has 0 fully saturated rings. The van der Waals surface area contributed by atoms with Gasteiger partial charge in [0.2, 0.25) is 5.88 Å². The number of H-pyrrole nitrogens is 1. The Hall–Kier alpha value is -4.83. The number of carbonyl (C=O) groups is 2. The van der Waals surface area contributed by atoms with Gasteiger partial charge in [0.1, 0.15) is 11.2 Å². The fraction of sp³-hybridized carbons (Fsp3) is 0.250. The van der Waals surface area contributed by atoms with E-state index in [-0.39, 0.29) is 23.7 Å². The number of anilines is 1. The molecular formula is C32H34ClN5O5. The van der Waals surface area contributed by atoms with Gasteiger partial charge in [0.15, 0.2) is 0 Å². The number of benzene rings is 2. The van der Waals surface area contributed by atoms with E-state index in [1.54, 1.807) is 57.2 Å². The Labute approximate surface area is 254 Å². The molecule has 0 saturated heterocycles. The number of fused-ring (bicyclic) bond motifs is 1. The summed E-state index contributed by atoms with van der Waals surface area (Å²) in [7, 11) is 1.50. The monoisotopic (exact) mass is 603 g/mol. The Balaban J connectivity index is 1.49. The number of methoxy groups -OCH3 is 1.